The van der Waals surface area contributed by atoms with Gasteiger partial charge < -0.3 is 8.83 Å². The summed E-state index contributed by atoms with van der Waals surface area (Å²) < 4.78 is 10.8. The summed E-state index contributed by atoms with van der Waals surface area (Å²) in [6.45, 7) is 3.85. The summed E-state index contributed by atoms with van der Waals surface area (Å²) >= 11 is 0. The maximum Gasteiger partial charge on any atom is 0.127 e. The molecule has 14 heavy (non-hydrogen) atoms. The van der Waals surface area contributed by atoms with Crippen molar-refractivity contribution in [3.8, 4) is 0 Å². The minimum absolute atomic E-state index is 0.844. The van der Waals surface area contributed by atoms with Crippen LogP contribution in [0.3, 0.4) is 0 Å². The first-order chi connectivity index (χ1) is 6.74. The molecule has 0 amide bonds. The molecule has 0 N–H and O–H groups in total. The Labute approximate surface area is 82.8 Å². The van der Waals surface area contributed by atoms with Crippen LogP contribution in [0.15, 0.2) is 33.1 Å². The Hall–Kier alpha value is -1.70. The minimum Gasteiger partial charge on any atom is -0.462 e. The molecule has 2 nitrogen and oxygen atoms in total. The van der Waals surface area contributed by atoms with Crippen LogP contribution >= 0.6 is 0 Å². The van der Waals surface area contributed by atoms with Gasteiger partial charge >= 0.3 is 0 Å². The van der Waals surface area contributed by atoms with Gasteiger partial charge in [-0.3, -0.25) is 0 Å². The van der Waals surface area contributed by atoms with Gasteiger partial charge in [0.25, 0.3) is 0 Å². The van der Waals surface area contributed by atoms with Crippen molar-refractivity contribution in [1.29, 1.82) is 0 Å². The molecule has 0 saturated heterocycles. The van der Waals surface area contributed by atoms with Gasteiger partial charge in [-0.25, -0.2) is 0 Å². The number of rotatable bonds is 2. The lowest BCUT2D eigenvalue weighted by Gasteiger charge is -1.85. The van der Waals surface area contributed by atoms with E-state index >= 15 is 0 Å². The fourth-order valence-corrected chi connectivity index (χ4v) is 1.25. The summed E-state index contributed by atoms with van der Waals surface area (Å²) in [5.41, 5.74) is 0. The second-order valence-corrected chi connectivity index (χ2v) is 3.23. The van der Waals surface area contributed by atoms with Crippen molar-refractivity contribution in [3.63, 3.8) is 0 Å². The Kier molecular flexibility index (Phi) is 2.27. The summed E-state index contributed by atoms with van der Waals surface area (Å²) in [5.74, 6) is 3.52. The van der Waals surface area contributed by atoms with E-state index in [1.165, 1.54) is 0 Å². The number of aryl methyl sites for hydroxylation is 2. The Morgan fingerprint density at radius 2 is 1.21 bits per heavy atom. The Morgan fingerprint density at radius 3 is 1.50 bits per heavy atom. The highest BCUT2D eigenvalue weighted by atomic mass is 16.3. The first kappa shape index (κ1) is 8.88. The molecule has 0 saturated carbocycles. The molecule has 0 unspecified atom stereocenters. The van der Waals surface area contributed by atoms with Crippen molar-refractivity contribution in [2.24, 2.45) is 0 Å². The highest BCUT2D eigenvalue weighted by Gasteiger charge is 1.95. The van der Waals surface area contributed by atoms with Gasteiger partial charge in [0.05, 0.1) is 0 Å². The third-order valence-corrected chi connectivity index (χ3v) is 1.93. The van der Waals surface area contributed by atoms with Gasteiger partial charge in [-0.2, -0.15) is 0 Å². The summed E-state index contributed by atoms with van der Waals surface area (Å²) in [7, 11) is 0. The zero-order valence-corrected chi connectivity index (χ0v) is 8.28. The lowest BCUT2D eigenvalue weighted by molar-refractivity contribution is 0.521. The van der Waals surface area contributed by atoms with E-state index in [1.807, 2.05) is 50.3 Å². The molecule has 2 aromatic heterocycles. The first-order valence-electron chi connectivity index (χ1n) is 4.55. The molecule has 2 aromatic rings. The molecule has 2 heterocycles. The normalized spacial score (nSPS) is 11.3. The van der Waals surface area contributed by atoms with Gasteiger partial charge in [0.15, 0.2) is 0 Å². The third-order valence-electron chi connectivity index (χ3n) is 1.93. The van der Waals surface area contributed by atoms with E-state index in [-0.39, 0.29) is 0 Å². The minimum atomic E-state index is 0.844. The highest BCUT2D eigenvalue weighted by Crippen LogP contribution is 2.13. The van der Waals surface area contributed by atoms with E-state index in [0.717, 1.165) is 23.0 Å². The average molecular weight is 188 g/mol. The molecule has 0 aliphatic rings. The molecular weight excluding hydrogens is 176 g/mol. The van der Waals surface area contributed by atoms with Gasteiger partial charge in [0, 0.05) is 0 Å². The van der Waals surface area contributed by atoms with Crippen molar-refractivity contribution >= 4 is 12.2 Å². The molecule has 0 radical (unpaired) electrons. The summed E-state index contributed by atoms with van der Waals surface area (Å²) in [4.78, 5) is 0. The maximum absolute atomic E-state index is 5.38. The van der Waals surface area contributed by atoms with Crippen LogP contribution in [-0.2, 0) is 0 Å². The van der Waals surface area contributed by atoms with E-state index < -0.39 is 0 Å². The predicted octanol–water partition coefficient (Wildman–Crippen LogP) is 3.66. The third kappa shape index (κ3) is 1.96. The molecule has 0 fully saturated rings. The second kappa shape index (κ2) is 3.58. The molecule has 0 aliphatic carbocycles. The lowest BCUT2D eigenvalue weighted by atomic mass is 10.3. The summed E-state index contributed by atoms with van der Waals surface area (Å²) in [6.07, 6.45) is 3.79. The van der Waals surface area contributed by atoms with Gasteiger partial charge in [0.1, 0.15) is 23.0 Å². The van der Waals surface area contributed by atoms with Crippen LogP contribution in [0.1, 0.15) is 23.0 Å². The summed E-state index contributed by atoms with van der Waals surface area (Å²) in [5, 5.41) is 0. The van der Waals surface area contributed by atoms with Crippen molar-refractivity contribution in [1.82, 2.24) is 0 Å². The zero-order chi connectivity index (χ0) is 9.97. The van der Waals surface area contributed by atoms with Gasteiger partial charge in [-0.1, -0.05) is 0 Å². The van der Waals surface area contributed by atoms with E-state index in [9.17, 15) is 0 Å². The Morgan fingerprint density at radius 1 is 0.786 bits per heavy atom. The smallest absolute Gasteiger partial charge is 0.127 e. The fourth-order valence-electron chi connectivity index (χ4n) is 1.25. The van der Waals surface area contributed by atoms with Crippen LogP contribution in [0.2, 0.25) is 0 Å². The topological polar surface area (TPSA) is 26.3 Å². The van der Waals surface area contributed by atoms with Gasteiger partial charge in [0.2, 0.25) is 0 Å². The van der Waals surface area contributed by atoms with Crippen LogP contribution in [-0.4, -0.2) is 0 Å². The molecule has 2 rings (SSSR count). The van der Waals surface area contributed by atoms with E-state index in [2.05, 4.69) is 0 Å². The Balaban J connectivity index is 2.14. The average Bonchev–Trinajstić information content (AvgIpc) is 2.72. The lowest BCUT2D eigenvalue weighted by Crippen LogP contribution is -1.63. The fraction of sp³-hybridized carbons (Fsp3) is 0.167. The van der Waals surface area contributed by atoms with Crippen molar-refractivity contribution < 1.29 is 8.83 Å². The largest absolute Gasteiger partial charge is 0.462 e. The quantitative estimate of drug-likeness (QED) is 0.718. The molecule has 0 bridgehead atoms. The van der Waals surface area contributed by atoms with Gasteiger partial charge in [-0.15, -0.1) is 0 Å². The van der Waals surface area contributed by atoms with Crippen LogP contribution in [0.5, 0.6) is 0 Å². The predicted molar refractivity (Wildman–Crippen MR) is 55.8 cm³/mol. The monoisotopic (exact) mass is 188 g/mol. The Bertz CT molecular complexity index is 404. The van der Waals surface area contributed by atoms with E-state index in [0.29, 0.717) is 0 Å². The first-order valence-corrected chi connectivity index (χ1v) is 4.55. The highest BCUT2D eigenvalue weighted by molar-refractivity contribution is 5.64. The molecule has 0 atom stereocenters. The van der Waals surface area contributed by atoms with Crippen molar-refractivity contribution in [2.75, 3.05) is 0 Å². The SMILES string of the molecule is Cc1ccc(/C=C\c2ccc(C)o2)o1. The number of hydrogen-bond donors (Lipinski definition) is 0. The van der Waals surface area contributed by atoms with Crippen LogP contribution in [0, 0.1) is 13.8 Å². The molecule has 0 aromatic carbocycles. The second-order valence-electron chi connectivity index (χ2n) is 3.23. The summed E-state index contributed by atoms with van der Waals surface area (Å²) in [6, 6.07) is 7.74. The van der Waals surface area contributed by atoms with Crippen LogP contribution in [0.25, 0.3) is 12.2 Å². The maximum atomic E-state index is 5.38. The number of furan rings is 2. The molecular formula is C12H12O2. The van der Waals surface area contributed by atoms with E-state index in [4.69, 9.17) is 8.83 Å². The zero-order valence-electron chi connectivity index (χ0n) is 8.28. The molecule has 0 aliphatic heterocycles. The van der Waals surface area contributed by atoms with Gasteiger partial charge in [-0.05, 0) is 50.3 Å². The molecule has 2 heteroatoms. The van der Waals surface area contributed by atoms with Crippen LogP contribution in [0.4, 0.5) is 0 Å². The molecule has 72 valence electrons. The van der Waals surface area contributed by atoms with Crippen molar-refractivity contribution in [3.05, 3.63) is 47.3 Å². The molecule has 0 spiro atoms. The number of hydrogen-bond acceptors (Lipinski definition) is 2. The van der Waals surface area contributed by atoms with E-state index in [1.54, 1.807) is 0 Å². The standard InChI is InChI=1S/C12H12O2/c1-9-3-5-11(13-9)7-8-12-6-4-10(2)14-12/h3-8H,1-2H3/b8-7-. The van der Waals surface area contributed by atoms with Crippen LogP contribution < -0.4 is 0 Å². The van der Waals surface area contributed by atoms with Crippen molar-refractivity contribution in [2.45, 2.75) is 13.8 Å².